The molecule has 2 saturated heterocycles. The predicted octanol–water partition coefficient (Wildman–Crippen LogP) is 3.77. The molecule has 150 valence electrons. The van der Waals surface area contributed by atoms with Crippen molar-refractivity contribution in [2.45, 2.75) is 58.9 Å². The van der Waals surface area contributed by atoms with Crippen molar-refractivity contribution in [3.63, 3.8) is 0 Å². The van der Waals surface area contributed by atoms with Crippen molar-refractivity contribution in [2.24, 2.45) is 0 Å². The Morgan fingerprint density at radius 3 is 2.48 bits per heavy atom. The van der Waals surface area contributed by atoms with Gasteiger partial charge in [0.2, 0.25) is 5.91 Å². The number of hydrogen-bond donors (Lipinski definition) is 0. The summed E-state index contributed by atoms with van der Waals surface area (Å²) in [6.07, 6.45) is 5.05. The van der Waals surface area contributed by atoms with Crippen LogP contribution in [-0.4, -0.2) is 60.3 Å². The Kier molecular flexibility index (Phi) is 8.79. The van der Waals surface area contributed by atoms with Gasteiger partial charge in [0.05, 0.1) is 13.2 Å². The van der Waals surface area contributed by atoms with E-state index in [4.69, 9.17) is 4.74 Å². The van der Waals surface area contributed by atoms with Crippen LogP contribution in [0.4, 0.5) is 0 Å². The summed E-state index contributed by atoms with van der Waals surface area (Å²) in [6, 6.07) is 7.98. The second kappa shape index (κ2) is 11.1. The number of ether oxygens (including phenoxy) is 1. The lowest BCUT2D eigenvalue weighted by atomic mass is 10.1. The second-order valence-electron chi connectivity index (χ2n) is 7.10. The fraction of sp³-hybridized carbons (Fsp3) is 0.636. The van der Waals surface area contributed by atoms with Gasteiger partial charge in [0, 0.05) is 31.1 Å². The van der Waals surface area contributed by atoms with Gasteiger partial charge in [-0.25, -0.2) is 0 Å². The number of carbonyl (C=O) groups excluding carboxylic acids is 2. The molecule has 5 nitrogen and oxygen atoms in total. The molecule has 0 radical (unpaired) electrons. The van der Waals surface area contributed by atoms with Crippen LogP contribution in [0.5, 0.6) is 5.75 Å². The first-order valence-corrected chi connectivity index (χ1v) is 10.4. The third-order valence-electron chi connectivity index (χ3n) is 5.23. The summed E-state index contributed by atoms with van der Waals surface area (Å²) in [4.78, 5) is 28.0. The summed E-state index contributed by atoms with van der Waals surface area (Å²) in [5, 5.41) is 0. The third kappa shape index (κ3) is 6.35. The fourth-order valence-electron chi connectivity index (χ4n) is 3.66. The second-order valence-corrected chi connectivity index (χ2v) is 7.10. The Hall–Kier alpha value is -1.88. The van der Waals surface area contributed by atoms with Crippen molar-refractivity contribution < 1.29 is 14.3 Å². The Bertz CT molecular complexity index is 600. The molecule has 1 atom stereocenters. The third-order valence-corrected chi connectivity index (χ3v) is 5.23. The number of benzene rings is 1. The van der Waals surface area contributed by atoms with Crippen molar-refractivity contribution in [2.75, 3.05) is 32.8 Å². The zero-order valence-corrected chi connectivity index (χ0v) is 17.1. The number of Topliss-reactive ketones (excluding diaryl/α,β-unsaturated/α-hetero) is 1. The summed E-state index contributed by atoms with van der Waals surface area (Å²) in [7, 11) is 0. The van der Waals surface area contributed by atoms with Gasteiger partial charge in [-0.15, -0.1) is 0 Å². The Morgan fingerprint density at radius 1 is 1.15 bits per heavy atom. The average Bonchev–Trinajstić information content (AvgIpc) is 3.29. The SMILES string of the molecule is CC.C[C@@H]1CCCN1CCCOc1ccc(C(=O)CN2CCCC2=O)cc1. The number of ketones is 1. The molecule has 3 rings (SSSR count). The Labute approximate surface area is 163 Å². The van der Waals surface area contributed by atoms with E-state index in [0.717, 1.165) is 25.1 Å². The number of carbonyl (C=O) groups is 2. The normalized spacial score (nSPS) is 19.7. The van der Waals surface area contributed by atoms with Gasteiger partial charge < -0.3 is 14.5 Å². The molecule has 2 fully saturated rings. The van der Waals surface area contributed by atoms with Crippen LogP contribution in [0.15, 0.2) is 24.3 Å². The molecular formula is C22H34N2O3. The van der Waals surface area contributed by atoms with Crippen molar-refractivity contribution in [1.82, 2.24) is 9.80 Å². The van der Waals surface area contributed by atoms with E-state index in [-0.39, 0.29) is 18.2 Å². The predicted molar refractivity (Wildman–Crippen MR) is 108 cm³/mol. The summed E-state index contributed by atoms with van der Waals surface area (Å²) in [5.74, 6) is 0.869. The maximum atomic E-state index is 12.3. The number of hydrogen-bond acceptors (Lipinski definition) is 4. The van der Waals surface area contributed by atoms with Gasteiger partial charge in [-0.2, -0.15) is 0 Å². The molecular weight excluding hydrogens is 340 g/mol. The minimum absolute atomic E-state index is 0.00942. The molecule has 27 heavy (non-hydrogen) atoms. The van der Waals surface area contributed by atoms with Crippen LogP contribution >= 0.6 is 0 Å². The minimum atomic E-state index is -0.00942. The van der Waals surface area contributed by atoms with E-state index in [0.29, 0.717) is 31.2 Å². The van der Waals surface area contributed by atoms with Crippen LogP contribution in [0.3, 0.4) is 0 Å². The molecule has 0 unspecified atom stereocenters. The highest BCUT2D eigenvalue weighted by molar-refractivity contribution is 5.99. The van der Waals surface area contributed by atoms with Gasteiger partial charge in [0.25, 0.3) is 0 Å². The summed E-state index contributed by atoms with van der Waals surface area (Å²) >= 11 is 0. The van der Waals surface area contributed by atoms with E-state index in [2.05, 4.69) is 11.8 Å². The quantitative estimate of drug-likeness (QED) is 0.513. The van der Waals surface area contributed by atoms with Gasteiger partial charge >= 0.3 is 0 Å². The molecule has 0 N–H and O–H groups in total. The van der Waals surface area contributed by atoms with Crippen molar-refractivity contribution in [3.8, 4) is 5.75 Å². The molecule has 2 aliphatic heterocycles. The molecule has 0 aromatic heterocycles. The maximum absolute atomic E-state index is 12.3. The first-order valence-electron chi connectivity index (χ1n) is 10.4. The van der Waals surface area contributed by atoms with E-state index in [1.54, 1.807) is 17.0 Å². The molecule has 2 heterocycles. The Morgan fingerprint density at radius 2 is 1.89 bits per heavy atom. The zero-order chi connectivity index (χ0) is 19.6. The van der Waals surface area contributed by atoms with Gasteiger partial charge in [-0.1, -0.05) is 13.8 Å². The monoisotopic (exact) mass is 374 g/mol. The number of rotatable bonds is 8. The molecule has 1 aromatic carbocycles. The van der Waals surface area contributed by atoms with Crippen LogP contribution < -0.4 is 4.74 Å². The van der Waals surface area contributed by atoms with Crippen LogP contribution in [0, 0.1) is 0 Å². The van der Waals surface area contributed by atoms with Crippen molar-refractivity contribution >= 4 is 11.7 Å². The Balaban J connectivity index is 0.00000126. The maximum Gasteiger partial charge on any atom is 0.223 e. The number of nitrogens with zero attached hydrogens (tertiary/aromatic N) is 2. The number of amides is 1. The van der Waals surface area contributed by atoms with Gasteiger partial charge in [0.15, 0.2) is 5.78 Å². The van der Waals surface area contributed by atoms with E-state index in [9.17, 15) is 9.59 Å². The van der Waals surface area contributed by atoms with E-state index in [1.807, 2.05) is 26.0 Å². The van der Waals surface area contributed by atoms with E-state index >= 15 is 0 Å². The highest BCUT2D eigenvalue weighted by Gasteiger charge is 2.23. The van der Waals surface area contributed by atoms with Gasteiger partial charge in [-0.05, 0) is 63.4 Å². The average molecular weight is 375 g/mol. The molecule has 0 saturated carbocycles. The van der Waals surface area contributed by atoms with Gasteiger partial charge in [-0.3, -0.25) is 9.59 Å². The molecule has 1 amide bonds. The first-order chi connectivity index (χ1) is 13.1. The lowest BCUT2D eigenvalue weighted by molar-refractivity contribution is -0.127. The molecule has 1 aromatic rings. The van der Waals surface area contributed by atoms with Crippen molar-refractivity contribution in [1.29, 1.82) is 0 Å². The van der Waals surface area contributed by atoms with E-state index < -0.39 is 0 Å². The molecule has 5 heteroatoms. The van der Waals surface area contributed by atoms with Crippen LogP contribution in [0.1, 0.15) is 63.2 Å². The highest BCUT2D eigenvalue weighted by atomic mass is 16.5. The summed E-state index contributed by atoms with van der Waals surface area (Å²) in [5.41, 5.74) is 0.637. The lowest BCUT2D eigenvalue weighted by Gasteiger charge is -2.20. The van der Waals surface area contributed by atoms with Crippen LogP contribution in [-0.2, 0) is 4.79 Å². The standard InChI is InChI=1S/C20H28N2O3.C2H6/c1-16-5-2-11-21(16)13-4-14-25-18-9-7-17(8-10-18)19(23)15-22-12-3-6-20(22)24;1-2/h7-10,16H,2-6,11-15H2,1H3;1-2H3/t16-;/m1./s1. The highest BCUT2D eigenvalue weighted by Crippen LogP contribution is 2.17. The smallest absolute Gasteiger partial charge is 0.223 e. The number of likely N-dealkylation sites (tertiary alicyclic amines) is 2. The van der Waals surface area contributed by atoms with Crippen LogP contribution in [0.25, 0.3) is 0 Å². The minimum Gasteiger partial charge on any atom is -0.494 e. The first kappa shape index (κ1) is 21.4. The molecule has 0 aliphatic carbocycles. The molecule has 2 aliphatic rings. The largest absolute Gasteiger partial charge is 0.494 e. The molecule has 0 bridgehead atoms. The fourth-order valence-corrected chi connectivity index (χ4v) is 3.66. The zero-order valence-electron chi connectivity index (χ0n) is 17.1. The van der Waals surface area contributed by atoms with E-state index in [1.165, 1.54) is 19.4 Å². The lowest BCUT2D eigenvalue weighted by Crippen LogP contribution is -2.30. The van der Waals surface area contributed by atoms with Crippen molar-refractivity contribution in [3.05, 3.63) is 29.8 Å². The van der Waals surface area contributed by atoms with Gasteiger partial charge in [0.1, 0.15) is 5.75 Å². The molecule has 0 spiro atoms. The summed E-state index contributed by atoms with van der Waals surface area (Å²) in [6.45, 7) is 10.2. The summed E-state index contributed by atoms with van der Waals surface area (Å²) < 4.78 is 5.78. The topological polar surface area (TPSA) is 49.9 Å². The van der Waals surface area contributed by atoms with Crippen LogP contribution in [0.2, 0.25) is 0 Å².